The zero-order valence-corrected chi connectivity index (χ0v) is 8.01. The molecule has 0 saturated heterocycles. The van der Waals surface area contributed by atoms with Crippen LogP contribution in [0.4, 0.5) is 0 Å². The molecule has 1 heterocycles. The van der Waals surface area contributed by atoms with E-state index < -0.39 is 0 Å². The van der Waals surface area contributed by atoms with Gasteiger partial charge in [0.15, 0.2) is 0 Å². The number of benzene rings is 2. The first-order chi connectivity index (χ1) is 7.42. The normalized spacial score (nSPS) is 10.9. The van der Waals surface area contributed by atoms with E-state index in [1.807, 2.05) is 48.5 Å². The number of rotatable bonds is 1. The van der Waals surface area contributed by atoms with Gasteiger partial charge >= 0.3 is 0 Å². The maximum Gasteiger partial charge on any atom is 0.0262 e. The molecule has 0 radical (unpaired) electrons. The van der Waals surface area contributed by atoms with Crippen molar-refractivity contribution in [1.82, 2.24) is 4.68 Å². The third-order valence-corrected chi connectivity index (χ3v) is 2.68. The molecule has 0 spiro atoms. The molecular weight excluding hydrogens is 186 g/mol. The predicted octanol–water partition coefficient (Wildman–Crippen LogP) is 1.66. The fourth-order valence-electron chi connectivity index (χ4n) is 2.03. The van der Waals surface area contributed by atoms with Crippen molar-refractivity contribution in [2.75, 3.05) is 0 Å². The van der Waals surface area contributed by atoms with E-state index in [4.69, 9.17) is 5.53 Å². The summed E-state index contributed by atoms with van der Waals surface area (Å²) < 4.78 is 1.67. The minimum Gasteiger partial charge on any atom is -0.225 e. The van der Waals surface area contributed by atoms with E-state index in [2.05, 4.69) is 5.22 Å². The molecule has 0 amide bonds. The molecule has 3 rings (SSSR count). The van der Waals surface area contributed by atoms with E-state index in [1.165, 1.54) is 0 Å². The van der Waals surface area contributed by atoms with Crippen molar-refractivity contribution >= 4 is 21.8 Å². The topological polar surface area (TPSA) is 41.2 Å². The van der Waals surface area contributed by atoms with Crippen LogP contribution in [0.15, 0.2) is 48.5 Å². The zero-order chi connectivity index (χ0) is 10.3. The zero-order valence-electron chi connectivity index (χ0n) is 8.01. The number of hydrogen-bond donors (Lipinski definition) is 1. The Bertz CT molecular complexity index is 599. The van der Waals surface area contributed by atoms with Crippen LogP contribution in [0, 0.1) is 0 Å². The number of nitrogens with one attached hydrogen (secondary N) is 1. The van der Waals surface area contributed by atoms with E-state index in [0.29, 0.717) is 0 Å². The lowest BCUT2D eigenvalue weighted by atomic mass is 10.2. The van der Waals surface area contributed by atoms with Gasteiger partial charge in [-0.25, -0.2) is 4.68 Å². The molecule has 0 aliphatic rings. The molecule has 1 aromatic heterocycles. The van der Waals surface area contributed by atoms with Crippen LogP contribution in [-0.2, 0) is 0 Å². The minimum absolute atomic E-state index is 0.973. The molecule has 0 aliphatic heterocycles. The van der Waals surface area contributed by atoms with Gasteiger partial charge in [0.1, 0.15) is 0 Å². The summed E-state index contributed by atoms with van der Waals surface area (Å²) in [5.74, 6) is 0. The van der Waals surface area contributed by atoms with Crippen molar-refractivity contribution in [3.63, 3.8) is 0 Å². The molecule has 3 heteroatoms. The van der Waals surface area contributed by atoms with Crippen LogP contribution in [0.25, 0.3) is 27.3 Å². The third-order valence-electron chi connectivity index (χ3n) is 2.68. The molecule has 3 nitrogen and oxygen atoms in total. The molecule has 1 N–H and O–H groups in total. The van der Waals surface area contributed by atoms with E-state index in [1.54, 1.807) is 4.68 Å². The Morgan fingerprint density at radius 1 is 0.800 bits per heavy atom. The first kappa shape index (κ1) is 8.17. The Balaban J connectivity index is 2.68. The molecule has 0 fully saturated rings. The van der Waals surface area contributed by atoms with Crippen molar-refractivity contribution < 1.29 is 5.22 Å². The average Bonchev–Trinajstić information content (AvgIpc) is 2.63. The van der Waals surface area contributed by atoms with Crippen LogP contribution >= 0.6 is 0 Å². The highest BCUT2D eigenvalue weighted by molar-refractivity contribution is 6.07. The van der Waals surface area contributed by atoms with Crippen LogP contribution < -0.4 is 5.22 Å². The lowest BCUT2D eigenvalue weighted by Crippen LogP contribution is -2.67. The Hall–Kier alpha value is -2.16. The smallest absolute Gasteiger partial charge is 0.0262 e. The molecule has 72 valence electrons. The van der Waals surface area contributed by atoms with Gasteiger partial charge in [-0.15, -0.1) is 0 Å². The number of fused-ring (bicyclic) bond motifs is 3. The second kappa shape index (κ2) is 2.92. The Morgan fingerprint density at radius 2 is 1.27 bits per heavy atom. The quantitative estimate of drug-likeness (QED) is 0.574. The van der Waals surface area contributed by atoms with Crippen molar-refractivity contribution in [3.8, 4) is 0 Å². The van der Waals surface area contributed by atoms with Crippen molar-refractivity contribution in [2.24, 2.45) is 0 Å². The summed E-state index contributed by atoms with van der Waals surface area (Å²) in [6, 6.07) is 15.9. The summed E-state index contributed by atoms with van der Waals surface area (Å²) in [4.78, 5) is 0. The van der Waals surface area contributed by atoms with Crippen molar-refractivity contribution in [1.29, 1.82) is 0 Å². The number of aromatic nitrogens is 1. The Kier molecular flexibility index (Phi) is 1.59. The lowest BCUT2D eigenvalue weighted by Gasteiger charge is -1.97. The van der Waals surface area contributed by atoms with Crippen LogP contribution in [0.3, 0.4) is 0 Å². The molecule has 0 atom stereocenters. The van der Waals surface area contributed by atoms with Gasteiger partial charge in [-0.2, -0.15) is 10.8 Å². The van der Waals surface area contributed by atoms with Crippen molar-refractivity contribution in [2.45, 2.75) is 0 Å². The highest BCUT2D eigenvalue weighted by Crippen LogP contribution is 2.25. The summed E-state index contributed by atoms with van der Waals surface area (Å²) in [5, 5.41) is 4.48. The fraction of sp³-hybridized carbons (Fsp3) is 0. The summed E-state index contributed by atoms with van der Waals surface area (Å²) in [5.41, 5.74) is 11.1. The van der Waals surface area contributed by atoms with Gasteiger partial charge in [0.25, 0.3) is 0 Å². The minimum atomic E-state index is 0.973. The monoisotopic (exact) mass is 195 g/mol. The van der Waals surface area contributed by atoms with Gasteiger partial charge in [-0.1, -0.05) is 48.5 Å². The van der Waals surface area contributed by atoms with Crippen LogP contribution in [0.1, 0.15) is 0 Å². The first-order valence-electron chi connectivity index (χ1n) is 4.80. The van der Waals surface area contributed by atoms with Gasteiger partial charge in [0.05, 0.1) is 0 Å². The molecular formula is C12H9N3. The van der Waals surface area contributed by atoms with Gasteiger partial charge < -0.3 is 0 Å². The Labute approximate surface area is 86.4 Å². The van der Waals surface area contributed by atoms with E-state index in [0.717, 1.165) is 21.8 Å². The second-order valence-corrected chi connectivity index (χ2v) is 3.47. The molecule has 3 aromatic rings. The fourth-order valence-corrected chi connectivity index (χ4v) is 2.03. The van der Waals surface area contributed by atoms with Crippen LogP contribution in [0.2, 0.25) is 0 Å². The van der Waals surface area contributed by atoms with Gasteiger partial charge in [-0.05, 0) is 10.8 Å². The molecule has 0 unspecified atom stereocenters. The first-order valence-corrected chi connectivity index (χ1v) is 4.80. The highest BCUT2D eigenvalue weighted by atomic mass is 15.4. The summed E-state index contributed by atoms with van der Waals surface area (Å²) >= 11 is 0. The van der Waals surface area contributed by atoms with Gasteiger partial charge in [0, 0.05) is 11.0 Å². The molecule has 0 aliphatic carbocycles. The molecule has 15 heavy (non-hydrogen) atoms. The highest BCUT2D eigenvalue weighted by Gasteiger charge is 2.05. The number of nitrogens with zero attached hydrogens (tertiary/aromatic N) is 2. The van der Waals surface area contributed by atoms with Crippen LogP contribution in [-0.4, -0.2) is 4.68 Å². The number of hydrogen-bond acceptors (Lipinski definition) is 0. The molecule has 0 bridgehead atoms. The Morgan fingerprint density at radius 3 is 1.73 bits per heavy atom. The lowest BCUT2D eigenvalue weighted by molar-refractivity contribution is -0.537. The molecule has 0 saturated carbocycles. The van der Waals surface area contributed by atoms with E-state index >= 15 is 0 Å². The van der Waals surface area contributed by atoms with Crippen molar-refractivity contribution in [3.05, 3.63) is 54.1 Å². The summed E-state index contributed by atoms with van der Waals surface area (Å²) in [6.45, 7) is 0. The van der Waals surface area contributed by atoms with Crippen LogP contribution in [0.5, 0.6) is 0 Å². The second-order valence-electron chi connectivity index (χ2n) is 3.47. The standard InChI is InChI=1S/C12H9N3/c13-14-15-11-7-3-1-5-9(11)10-6-2-4-8-12(10)15/h1-8,14H. The maximum atomic E-state index is 9.14. The summed E-state index contributed by atoms with van der Waals surface area (Å²) in [7, 11) is 0. The van der Waals surface area contributed by atoms with E-state index in [-0.39, 0.29) is 0 Å². The summed E-state index contributed by atoms with van der Waals surface area (Å²) in [6.07, 6.45) is 0. The SMILES string of the molecule is [N-]=[NH+]n1c2ccccc2c2ccccc21. The number of para-hydroxylation sites is 2. The van der Waals surface area contributed by atoms with E-state index in [9.17, 15) is 0 Å². The van der Waals surface area contributed by atoms with Gasteiger partial charge in [0.2, 0.25) is 0 Å². The molecule has 2 aromatic carbocycles. The predicted molar refractivity (Wildman–Crippen MR) is 59.2 cm³/mol. The maximum absolute atomic E-state index is 9.14. The largest absolute Gasteiger partial charge is 0.225 e. The average molecular weight is 195 g/mol. The van der Waals surface area contributed by atoms with Gasteiger partial charge in [-0.3, -0.25) is 0 Å². The third kappa shape index (κ3) is 1.00.